The average molecular weight is 598 g/mol. The van der Waals surface area contributed by atoms with Crippen LogP contribution in [-0.4, -0.2) is 33.5 Å². The van der Waals surface area contributed by atoms with E-state index < -0.39 is 23.8 Å². The van der Waals surface area contributed by atoms with Gasteiger partial charge in [0.15, 0.2) is 0 Å². The van der Waals surface area contributed by atoms with Crippen molar-refractivity contribution in [1.82, 2.24) is 25.9 Å². The van der Waals surface area contributed by atoms with Gasteiger partial charge in [0.05, 0.1) is 34.1 Å². The molecule has 0 amide bonds. The molecule has 224 valence electrons. The predicted molar refractivity (Wildman–Crippen MR) is 161 cm³/mol. The van der Waals surface area contributed by atoms with Crippen LogP contribution in [0.2, 0.25) is 0 Å². The number of anilines is 2. The maximum absolute atomic E-state index is 14.8. The summed E-state index contributed by atoms with van der Waals surface area (Å²) >= 11 is 0. The number of alkyl halides is 2. The number of hydrogen-bond donors (Lipinski definition) is 4. The number of benzene rings is 2. The molecule has 1 saturated carbocycles. The van der Waals surface area contributed by atoms with Crippen LogP contribution in [0, 0.1) is 33.9 Å². The summed E-state index contributed by atoms with van der Waals surface area (Å²) in [7, 11) is 0. The monoisotopic (exact) mass is 597 g/mol. The molecule has 1 aliphatic carbocycles. The molecule has 2 aliphatic rings. The van der Waals surface area contributed by atoms with Gasteiger partial charge in [-0.2, -0.15) is 10.5 Å². The molecule has 2 aromatic carbocycles. The van der Waals surface area contributed by atoms with Crippen LogP contribution < -0.4 is 21.6 Å². The molecule has 4 N–H and O–H groups in total. The molecule has 12 heteroatoms. The number of hydrogen-bond acceptors (Lipinski definition) is 9. The quantitative estimate of drug-likeness (QED) is 0.187. The van der Waals surface area contributed by atoms with E-state index >= 15 is 0 Å². The first-order valence-electron chi connectivity index (χ1n) is 14.2. The molecule has 44 heavy (non-hydrogen) atoms. The number of nitrogens with one attached hydrogen (secondary N) is 4. The van der Waals surface area contributed by atoms with Crippen LogP contribution in [-0.2, 0) is 0 Å². The maximum Gasteiger partial charge on any atom is 0.262 e. The van der Waals surface area contributed by atoms with E-state index in [0.717, 1.165) is 0 Å². The molecule has 2 aromatic heterocycles. The molecule has 0 saturated heterocycles. The molecule has 0 unspecified atom stereocenters. The van der Waals surface area contributed by atoms with Gasteiger partial charge in [-0.3, -0.25) is 15.0 Å². The summed E-state index contributed by atoms with van der Waals surface area (Å²) in [5.41, 5.74) is 7.89. The zero-order chi connectivity index (χ0) is 31.2. The van der Waals surface area contributed by atoms with Crippen LogP contribution >= 0.6 is 0 Å². The van der Waals surface area contributed by atoms with Gasteiger partial charge >= 0.3 is 0 Å². The third kappa shape index (κ3) is 5.18. The van der Waals surface area contributed by atoms with Crippen molar-refractivity contribution in [3.05, 3.63) is 83.2 Å². The molecule has 0 bridgehead atoms. The fraction of sp³-hybridized carbons (Fsp3) is 0.312. The Labute approximate surface area is 252 Å². The number of rotatable bonds is 8. The van der Waals surface area contributed by atoms with Crippen molar-refractivity contribution in [2.75, 3.05) is 17.2 Å². The minimum absolute atomic E-state index is 0.102. The smallest absolute Gasteiger partial charge is 0.262 e. The molecule has 1 fully saturated rings. The second-order valence-electron chi connectivity index (χ2n) is 12.3. The summed E-state index contributed by atoms with van der Waals surface area (Å²) in [4.78, 5) is 8.65. The van der Waals surface area contributed by atoms with E-state index in [9.17, 15) is 23.7 Å². The first-order valence-corrected chi connectivity index (χ1v) is 14.2. The Morgan fingerprint density at radius 3 is 2.50 bits per heavy atom. The summed E-state index contributed by atoms with van der Waals surface area (Å²) in [5, 5.41) is 29.3. The van der Waals surface area contributed by atoms with Crippen LogP contribution in [0.3, 0.4) is 0 Å². The van der Waals surface area contributed by atoms with Gasteiger partial charge in [0.2, 0.25) is 0 Å². The number of nitriles is 2. The number of pyridine rings is 2. The van der Waals surface area contributed by atoms with Gasteiger partial charge in [0.1, 0.15) is 29.0 Å². The van der Waals surface area contributed by atoms with Crippen molar-refractivity contribution in [3.8, 4) is 12.1 Å². The van der Waals surface area contributed by atoms with E-state index in [2.05, 4.69) is 64.5 Å². The van der Waals surface area contributed by atoms with Crippen molar-refractivity contribution >= 4 is 33.2 Å². The van der Waals surface area contributed by atoms with Crippen molar-refractivity contribution in [2.45, 2.75) is 51.6 Å². The Balaban J connectivity index is 1.50. The van der Waals surface area contributed by atoms with E-state index in [-0.39, 0.29) is 16.5 Å². The molecule has 0 radical (unpaired) electrons. The second-order valence-corrected chi connectivity index (χ2v) is 12.3. The molecule has 6 rings (SSSR count). The standard InChI is InChI=1S/C32H30F3N9/c1-31(2,3)17-40-27-19(14-37)15-39-26-18(13-36)11-20(12-23(26)27)41-29(22-6-7-24(33)28-21(22)5-4-10-38-28)25-16-44(43-42-25)32(8-9-32)30(34)35/h4-7,10-12,15-16,29-30,41-43H,8-9,17H2,1-3H3,(H,39,40)/t29-/m0/s1. The van der Waals surface area contributed by atoms with Crippen LogP contribution in [0.4, 0.5) is 24.5 Å². The minimum Gasteiger partial charge on any atom is -0.383 e. The largest absolute Gasteiger partial charge is 0.383 e. The normalized spacial score (nSPS) is 16.3. The third-order valence-electron chi connectivity index (χ3n) is 7.93. The Bertz CT molecular complexity index is 1880. The van der Waals surface area contributed by atoms with Gasteiger partial charge in [-0.15, -0.1) is 5.53 Å². The average Bonchev–Trinajstić information content (AvgIpc) is 3.68. The highest BCUT2D eigenvalue weighted by Gasteiger charge is 2.56. The minimum atomic E-state index is -2.56. The van der Waals surface area contributed by atoms with Crippen LogP contribution in [0.5, 0.6) is 0 Å². The van der Waals surface area contributed by atoms with Crippen molar-refractivity contribution in [1.29, 1.82) is 10.5 Å². The van der Waals surface area contributed by atoms with Crippen molar-refractivity contribution < 1.29 is 13.2 Å². The molecular formula is C32H30F3N9. The molecule has 0 spiro atoms. The summed E-state index contributed by atoms with van der Waals surface area (Å²) < 4.78 is 42.8. The number of fused-ring (bicyclic) bond motifs is 2. The number of nitrogens with zero attached hydrogens (tertiary/aromatic N) is 5. The van der Waals surface area contributed by atoms with Crippen molar-refractivity contribution in [2.24, 2.45) is 5.41 Å². The molecule has 3 heterocycles. The summed E-state index contributed by atoms with van der Waals surface area (Å²) in [6, 6.07) is 13.5. The van der Waals surface area contributed by atoms with Gasteiger partial charge in [0, 0.05) is 41.6 Å². The van der Waals surface area contributed by atoms with Crippen LogP contribution in [0.25, 0.3) is 21.8 Å². The number of halogens is 3. The third-order valence-corrected chi connectivity index (χ3v) is 7.93. The molecule has 4 aromatic rings. The Kier molecular flexibility index (Phi) is 7.18. The van der Waals surface area contributed by atoms with E-state index in [1.807, 2.05) is 0 Å². The number of aromatic nitrogens is 2. The lowest BCUT2D eigenvalue weighted by molar-refractivity contribution is 0.00911. The van der Waals surface area contributed by atoms with Gasteiger partial charge in [-0.25, -0.2) is 13.2 Å². The van der Waals surface area contributed by atoms with E-state index in [1.54, 1.807) is 36.5 Å². The molecular weight excluding hydrogens is 567 g/mol. The van der Waals surface area contributed by atoms with Gasteiger partial charge in [-0.05, 0) is 48.1 Å². The molecule has 1 atom stereocenters. The van der Waals surface area contributed by atoms with Gasteiger partial charge in [-0.1, -0.05) is 32.9 Å². The highest BCUT2D eigenvalue weighted by molar-refractivity contribution is 5.99. The highest BCUT2D eigenvalue weighted by atomic mass is 19.3. The molecule has 1 aliphatic heterocycles. The summed E-state index contributed by atoms with van der Waals surface area (Å²) in [5.74, 6) is -0.493. The van der Waals surface area contributed by atoms with Crippen LogP contribution in [0.15, 0.2) is 60.7 Å². The second kappa shape index (κ2) is 10.9. The lowest BCUT2D eigenvalue weighted by Crippen LogP contribution is -2.48. The topological polar surface area (TPSA) is 125 Å². The van der Waals surface area contributed by atoms with Gasteiger partial charge in [0.25, 0.3) is 6.43 Å². The zero-order valence-electron chi connectivity index (χ0n) is 24.3. The van der Waals surface area contributed by atoms with E-state index in [4.69, 9.17) is 0 Å². The Hall–Kier alpha value is -5.07. The van der Waals surface area contributed by atoms with Gasteiger partial charge < -0.3 is 16.1 Å². The van der Waals surface area contributed by atoms with Crippen LogP contribution in [0.1, 0.15) is 56.3 Å². The molecule has 9 nitrogen and oxygen atoms in total. The first kappa shape index (κ1) is 29.0. The van der Waals surface area contributed by atoms with E-state index in [0.29, 0.717) is 63.9 Å². The lowest BCUT2D eigenvalue weighted by Gasteiger charge is -2.25. The fourth-order valence-corrected chi connectivity index (χ4v) is 5.41. The first-order chi connectivity index (χ1) is 21.0. The fourth-order valence-electron chi connectivity index (χ4n) is 5.41. The van der Waals surface area contributed by atoms with E-state index in [1.165, 1.54) is 23.5 Å². The highest BCUT2D eigenvalue weighted by Crippen LogP contribution is 2.47. The predicted octanol–water partition coefficient (Wildman–Crippen LogP) is 6.24. The summed E-state index contributed by atoms with van der Waals surface area (Å²) in [6.07, 6.45) is 2.65. The number of hydrazine groups is 2. The van der Waals surface area contributed by atoms with Crippen molar-refractivity contribution in [3.63, 3.8) is 0 Å². The zero-order valence-corrected chi connectivity index (χ0v) is 24.3. The lowest BCUT2D eigenvalue weighted by atomic mass is 9.96. The Morgan fingerprint density at radius 2 is 1.82 bits per heavy atom. The Morgan fingerprint density at radius 1 is 1.05 bits per heavy atom. The SMILES string of the molecule is CC(C)(C)CNc1c(C#N)cnc2c(C#N)cc(N[C@H](C3=CN(C4(C(F)F)CC4)NN3)c3ccc(F)c4ncccc34)cc12. The maximum atomic E-state index is 14.8. The summed E-state index contributed by atoms with van der Waals surface area (Å²) in [6.45, 7) is 6.75.